The average Bonchev–Trinajstić information content (AvgIpc) is 0. The van der Waals surface area contributed by atoms with Gasteiger partial charge in [-0.05, 0) is 0 Å². The first kappa shape index (κ1) is 109. The van der Waals surface area contributed by atoms with Crippen LogP contribution in [0, 0.1) is 0 Å². The van der Waals surface area contributed by atoms with Crippen LogP contribution in [0.25, 0.3) is 0 Å². The van der Waals surface area contributed by atoms with Crippen molar-refractivity contribution in [2.75, 3.05) is 0 Å². The molecule has 40 valence electrons. The largest absolute Gasteiger partial charge is 4.00 e. The molecule has 6 heteroatoms. The zero-order valence-corrected chi connectivity index (χ0v) is 7.19. The predicted molar refractivity (Wildman–Crippen MR) is 15.2 cm³/mol. The second kappa shape index (κ2) is 69.1. The first-order valence-electron chi connectivity index (χ1n) is 0. The zero-order chi connectivity index (χ0) is 0. The molecular formula is H2Cl4OTi. The molecule has 0 aliphatic heterocycles. The van der Waals surface area contributed by atoms with Crippen molar-refractivity contribution in [3.05, 3.63) is 0 Å². The maximum atomic E-state index is 0. The summed E-state index contributed by atoms with van der Waals surface area (Å²) in [5.74, 6) is 0. The minimum Gasteiger partial charge on any atom is -2.00 e. The maximum absolute atomic E-state index is 0. The summed E-state index contributed by atoms with van der Waals surface area (Å²) in [6.07, 6.45) is 0. The van der Waals surface area contributed by atoms with Crippen molar-refractivity contribution in [1.82, 2.24) is 0 Å². The van der Waals surface area contributed by atoms with E-state index < -0.39 is 0 Å². The van der Waals surface area contributed by atoms with Crippen LogP contribution in [0.15, 0.2) is 0 Å². The average molecular weight is 208 g/mol. The molecule has 0 N–H and O–H groups in total. The fraction of sp³-hybridized carbons (Fsp3) is 0. The van der Waals surface area contributed by atoms with Crippen LogP contribution >= 0.6 is 24.8 Å². The summed E-state index contributed by atoms with van der Waals surface area (Å²) in [7, 11) is 0. The van der Waals surface area contributed by atoms with E-state index >= 15 is 0 Å². The Balaban J connectivity index is 0. The van der Waals surface area contributed by atoms with Crippen molar-refractivity contribution in [3.63, 3.8) is 0 Å². The van der Waals surface area contributed by atoms with E-state index in [2.05, 4.69) is 0 Å². The van der Waals surface area contributed by atoms with E-state index in [1.807, 2.05) is 0 Å². The van der Waals surface area contributed by atoms with Gasteiger partial charge in [0.15, 0.2) is 0 Å². The molecule has 0 spiro atoms. The van der Waals surface area contributed by atoms with Crippen LogP contribution in [-0.2, 0) is 27.2 Å². The summed E-state index contributed by atoms with van der Waals surface area (Å²) >= 11 is 0. The third-order valence-electron chi connectivity index (χ3n) is 0. The first-order valence-corrected chi connectivity index (χ1v) is 0. The van der Waals surface area contributed by atoms with Crippen molar-refractivity contribution in [2.24, 2.45) is 0 Å². The molecule has 0 aliphatic rings. The van der Waals surface area contributed by atoms with Gasteiger partial charge in [-0.1, -0.05) is 0 Å². The Bertz CT molecular complexity index is 7.51. The van der Waals surface area contributed by atoms with E-state index in [4.69, 9.17) is 0 Å². The molecule has 0 unspecified atom stereocenters. The van der Waals surface area contributed by atoms with Gasteiger partial charge in [0.25, 0.3) is 0 Å². The standard InChI is InChI=1S/4ClH.O.Ti/h4*1H;;/q;;;;-2;+4/p-2. The minimum atomic E-state index is 0. The van der Waals surface area contributed by atoms with Crippen LogP contribution in [0.1, 0.15) is 0 Å². The van der Waals surface area contributed by atoms with Crippen molar-refractivity contribution in [3.8, 4) is 0 Å². The second-order valence-corrected chi connectivity index (χ2v) is 0. The van der Waals surface area contributed by atoms with Gasteiger partial charge in [0.2, 0.25) is 0 Å². The molecule has 0 aromatic rings. The van der Waals surface area contributed by atoms with Gasteiger partial charge in [0.1, 0.15) is 0 Å². The van der Waals surface area contributed by atoms with Crippen LogP contribution in [0.4, 0.5) is 0 Å². The third-order valence-corrected chi connectivity index (χ3v) is 0. The maximum Gasteiger partial charge on any atom is 4.00 e. The van der Waals surface area contributed by atoms with Crippen LogP contribution in [0.2, 0.25) is 0 Å². The second-order valence-electron chi connectivity index (χ2n) is 0. The van der Waals surface area contributed by atoms with Crippen LogP contribution in [0.3, 0.4) is 0 Å². The van der Waals surface area contributed by atoms with Crippen molar-refractivity contribution in [2.45, 2.75) is 0 Å². The van der Waals surface area contributed by atoms with Gasteiger partial charge in [-0.25, -0.2) is 0 Å². The van der Waals surface area contributed by atoms with E-state index in [9.17, 15) is 0 Å². The van der Waals surface area contributed by atoms with E-state index in [0.29, 0.717) is 0 Å². The topological polar surface area (TPSA) is 28.5 Å². The molecule has 0 heterocycles. The molecule has 0 radical (unpaired) electrons. The molecule has 0 saturated carbocycles. The fourth-order valence-electron chi connectivity index (χ4n) is 0. The van der Waals surface area contributed by atoms with E-state index in [0.717, 1.165) is 0 Å². The molecule has 0 aromatic carbocycles. The van der Waals surface area contributed by atoms with E-state index in [1.54, 1.807) is 0 Å². The third kappa shape index (κ3) is 40.5. The van der Waals surface area contributed by atoms with Gasteiger partial charge in [-0.3, -0.25) is 0 Å². The van der Waals surface area contributed by atoms with Crippen LogP contribution < -0.4 is 24.8 Å². The number of hydrogen-bond donors (Lipinski definition) is 0. The monoisotopic (exact) mass is 206 g/mol. The normalized spacial score (nSPS) is 0. The molecule has 0 bridgehead atoms. The summed E-state index contributed by atoms with van der Waals surface area (Å²) in [6.45, 7) is 0. The Labute approximate surface area is 76.5 Å². The van der Waals surface area contributed by atoms with Gasteiger partial charge >= 0.3 is 21.7 Å². The Kier molecular flexibility index (Phi) is 1250. The number of halogens is 4. The van der Waals surface area contributed by atoms with Gasteiger partial charge in [-0.15, -0.1) is 24.8 Å². The Morgan fingerprint density at radius 3 is 0.667 bits per heavy atom. The SMILES string of the molecule is Cl.Cl.[Cl-].[Cl-].[O-2].[Ti+4]. The molecule has 0 aromatic heterocycles. The molecule has 6 heavy (non-hydrogen) atoms. The Morgan fingerprint density at radius 2 is 0.667 bits per heavy atom. The Morgan fingerprint density at radius 1 is 0.667 bits per heavy atom. The first-order chi connectivity index (χ1) is 0. The number of rotatable bonds is 0. The summed E-state index contributed by atoms with van der Waals surface area (Å²) in [6, 6.07) is 0. The van der Waals surface area contributed by atoms with Crippen molar-refractivity contribution >= 4 is 24.8 Å². The van der Waals surface area contributed by atoms with Gasteiger partial charge in [0.05, 0.1) is 0 Å². The number of hydrogen-bond acceptors (Lipinski definition) is 0. The van der Waals surface area contributed by atoms with Crippen LogP contribution in [-0.4, -0.2) is 0 Å². The molecule has 0 atom stereocenters. The van der Waals surface area contributed by atoms with Gasteiger partial charge in [0, 0.05) is 0 Å². The van der Waals surface area contributed by atoms with Crippen molar-refractivity contribution < 1.29 is 52.0 Å². The summed E-state index contributed by atoms with van der Waals surface area (Å²) in [5.41, 5.74) is 0. The predicted octanol–water partition coefficient (Wildman–Crippen LogP) is -5.27. The van der Waals surface area contributed by atoms with E-state index in [1.165, 1.54) is 0 Å². The van der Waals surface area contributed by atoms with E-state index in [-0.39, 0.29) is 76.8 Å². The summed E-state index contributed by atoms with van der Waals surface area (Å²) < 4.78 is 0. The van der Waals surface area contributed by atoms with Gasteiger partial charge < -0.3 is 30.3 Å². The fourth-order valence-corrected chi connectivity index (χ4v) is 0. The molecule has 0 saturated heterocycles. The summed E-state index contributed by atoms with van der Waals surface area (Å²) in [4.78, 5) is 0. The van der Waals surface area contributed by atoms with Gasteiger partial charge in [-0.2, -0.15) is 0 Å². The quantitative estimate of drug-likeness (QED) is 0.356. The molecule has 0 rings (SSSR count). The van der Waals surface area contributed by atoms with Crippen LogP contribution in [0.5, 0.6) is 0 Å². The molecule has 0 fully saturated rings. The molecule has 1 nitrogen and oxygen atoms in total. The molecule has 0 amide bonds. The Hall–Kier alpha value is 1.83. The molecule has 0 aliphatic carbocycles. The zero-order valence-electron chi connectivity index (χ0n) is 2.48. The summed E-state index contributed by atoms with van der Waals surface area (Å²) in [5, 5.41) is 0. The smallest absolute Gasteiger partial charge is 2.00 e. The molecular weight excluding hydrogens is 206 g/mol. The van der Waals surface area contributed by atoms with Crippen molar-refractivity contribution in [1.29, 1.82) is 0 Å². The minimum absolute atomic E-state index is 0.